The SMILES string of the molecule is NNc1nc2ccc(Cl)cc2n1C1CC1. The summed E-state index contributed by atoms with van der Waals surface area (Å²) >= 11 is 5.98. The molecule has 0 spiro atoms. The van der Waals surface area contributed by atoms with Gasteiger partial charge in [-0.05, 0) is 31.0 Å². The average molecular weight is 223 g/mol. The molecule has 2 aromatic rings. The lowest BCUT2D eigenvalue weighted by atomic mass is 10.3. The summed E-state index contributed by atoms with van der Waals surface area (Å²) in [7, 11) is 0. The van der Waals surface area contributed by atoms with Crippen molar-refractivity contribution in [3.05, 3.63) is 23.2 Å². The number of anilines is 1. The van der Waals surface area contributed by atoms with E-state index in [4.69, 9.17) is 17.4 Å². The van der Waals surface area contributed by atoms with Gasteiger partial charge in [0.2, 0.25) is 5.95 Å². The minimum Gasteiger partial charge on any atom is -0.306 e. The van der Waals surface area contributed by atoms with Gasteiger partial charge in [-0.2, -0.15) is 0 Å². The number of nitrogens with two attached hydrogens (primary N) is 1. The molecule has 0 aliphatic heterocycles. The predicted octanol–water partition coefficient (Wildman–Crippen LogP) is 2.31. The number of rotatable bonds is 2. The zero-order valence-corrected chi connectivity index (χ0v) is 8.83. The van der Waals surface area contributed by atoms with Crippen LogP contribution in [0, 0.1) is 0 Å². The highest BCUT2D eigenvalue weighted by atomic mass is 35.5. The quantitative estimate of drug-likeness (QED) is 0.606. The van der Waals surface area contributed by atoms with Crippen LogP contribution in [0.3, 0.4) is 0 Å². The Balaban J connectivity index is 2.30. The molecule has 1 aliphatic rings. The molecule has 1 aromatic heterocycles. The fourth-order valence-electron chi connectivity index (χ4n) is 1.87. The third-order valence-electron chi connectivity index (χ3n) is 2.69. The minimum atomic E-state index is 0.527. The minimum absolute atomic E-state index is 0.527. The summed E-state index contributed by atoms with van der Waals surface area (Å²) in [5, 5.41) is 0.730. The van der Waals surface area contributed by atoms with Crippen molar-refractivity contribution in [1.82, 2.24) is 9.55 Å². The number of hydrazine groups is 1. The van der Waals surface area contributed by atoms with Crippen LogP contribution in [-0.2, 0) is 0 Å². The Hall–Kier alpha value is -1.26. The van der Waals surface area contributed by atoms with Gasteiger partial charge < -0.3 is 4.57 Å². The van der Waals surface area contributed by atoms with Gasteiger partial charge >= 0.3 is 0 Å². The summed E-state index contributed by atoms with van der Waals surface area (Å²) < 4.78 is 2.13. The van der Waals surface area contributed by atoms with Gasteiger partial charge in [0.1, 0.15) is 0 Å². The molecule has 3 rings (SSSR count). The molecule has 1 aromatic carbocycles. The Morgan fingerprint density at radius 1 is 1.47 bits per heavy atom. The summed E-state index contributed by atoms with van der Waals surface area (Å²) in [5.74, 6) is 6.17. The maximum atomic E-state index is 5.98. The van der Waals surface area contributed by atoms with Crippen LogP contribution >= 0.6 is 11.6 Å². The van der Waals surface area contributed by atoms with Crippen molar-refractivity contribution < 1.29 is 0 Å². The van der Waals surface area contributed by atoms with E-state index in [1.54, 1.807) is 0 Å². The van der Waals surface area contributed by atoms with Gasteiger partial charge in [0, 0.05) is 11.1 Å². The van der Waals surface area contributed by atoms with Crippen LogP contribution in [0.2, 0.25) is 5.02 Å². The average Bonchev–Trinajstić information content (AvgIpc) is 2.99. The molecule has 0 unspecified atom stereocenters. The van der Waals surface area contributed by atoms with Gasteiger partial charge in [-0.1, -0.05) is 11.6 Å². The van der Waals surface area contributed by atoms with Crippen LogP contribution in [0.15, 0.2) is 18.2 Å². The van der Waals surface area contributed by atoms with Gasteiger partial charge in [0.25, 0.3) is 0 Å². The van der Waals surface area contributed by atoms with E-state index in [-0.39, 0.29) is 0 Å². The Bertz CT molecular complexity index is 515. The lowest BCUT2D eigenvalue weighted by Gasteiger charge is -2.05. The molecule has 0 saturated heterocycles. The van der Waals surface area contributed by atoms with E-state index in [0.29, 0.717) is 6.04 Å². The summed E-state index contributed by atoms with van der Waals surface area (Å²) in [6.07, 6.45) is 2.37. The lowest BCUT2D eigenvalue weighted by molar-refractivity contribution is 0.770. The maximum Gasteiger partial charge on any atom is 0.218 e. The second-order valence-electron chi connectivity index (χ2n) is 3.81. The molecule has 4 nitrogen and oxygen atoms in total. The number of halogens is 1. The number of benzene rings is 1. The normalized spacial score (nSPS) is 15.9. The van der Waals surface area contributed by atoms with Crippen molar-refractivity contribution in [2.75, 3.05) is 5.43 Å². The maximum absolute atomic E-state index is 5.98. The molecular formula is C10H11ClN4. The van der Waals surface area contributed by atoms with Gasteiger partial charge in [0.15, 0.2) is 0 Å². The molecule has 1 fully saturated rings. The Kier molecular flexibility index (Phi) is 1.87. The van der Waals surface area contributed by atoms with Crippen molar-refractivity contribution in [2.24, 2.45) is 5.84 Å². The smallest absolute Gasteiger partial charge is 0.218 e. The standard InChI is InChI=1S/C10H11ClN4/c11-6-1-4-8-9(5-6)15(7-2-3-7)10(13-8)14-12/h1,4-5,7H,2-3,12H2,(H,13,14). The molecule has 0 amide bonds. The van der Waals surface area contributed by atoms with E-state index in [9.17, 15) is 0 Å². The first kappa shape index (κ1) is 9.00. The number of fused-ring (bicyclic) bond motifs is 1. The number of imidazole rings is 1. The summed E-state index contributed by atoms with van der Waals surface area (Å²) in [4.78, 5) is 4.40. The first-order valence-electron chi connectivity index (χ1n) is 4.93. The lowest BCUT2D eigenvalue weighted by Crippen LogP contribution is -2.12. The highest BCUT2D eigenvalue weighted by Crippen LogP contribution is 2.40. The van der Waals surface area contributed by atoms with Crippen molar-refractivity contribution in [3.63, 3.8) is 0 Å². The highest BCUT2D eigenvalue weighted by Gasteiger charge is 2.28. The monoisotopic (exact) mass is 222 g/mol. The number of nitrogens with zero attached hydrogens (tertiary/aromatic N) is 2. The van der Waals surface area contributed by atoms with E-state index in [2.05, 4.69) is 15.0 Å². The first-order chi connectivity index (χ1) is 7.29. The zero-order chi connectivity index (χ0) is 10.4. The molecule has 5 heteroatoms. The fourth-order valence-corrected chi connectivity index (χ4v) is 2.04. The number of aromatic nitrogens is 2. The summed E-state index contributed by atoms with van der Waals surface area (Å²) in [5.41, 5.74) is 4.62. The molecule has 1 aliphatic carbocycles. The van der Waals surface area contributed by atoms with Gasteiger partial charge in [0.05, 0.1) is 11.0 Å². The van der Waals surface area contributed by atoms with Crippen LogP contribution in [0.25, 0.3) is 11.0 Å². The van der Waals surface area contributed by atoms with E-state index in [1.807, 2.05) is 18.2 Å². The summed E-state index contributed by atoms with van der Waals surface area (Å²) in [6.45, 7) is 0. The molecule has 78 valence electrons. The molecular weight excluding hydrogens is 212 g/mol. The van der Waals surface area contributed by atoms with E-state index in [0.717, 1.165) is 22.0 Å². The van der Waals surface area contributed by atoms with Crippen LogP contribution in [0.1, 0.15) is 18.9 Å². The number of nitrogen functional groups attached to an aromatic ring is 1. The topological polar surface area (TPSA) is 55.9 Å². The second-order valence-corrected chi connectivity index (χ2v) is 4.25. The number of hydrogen-bond acceptors (Lipinski definition) is 3. The van der Waals surface area contributed by atoms with Crippen molar-refractivity contribution in [3.8, 4) is 0 Å². The molecule has 1 saturated carbocycles. The molecule has 3 N–H and O–H groups in total. The third kappa shape index (κ3) is 1.37. The molecule has 15 heavy (non-hydrogen) atoms. The van der Waals surface area contributed by atoms with Crippen LogP contribution in [0.4, 0.5) is 5.95 Å². The van der Waals surface area contributed by atoms with Crippen LogP contribution in [0.5, 0.6) is 0 Å². The molecule has 1 heterocycles. The number of hydrogen-bond donors (Lipinski definition) is 2. The Morgan fingerprint density at radius 2 is 2.27 bits per heavy atom. The van der Waals surface area contributed by atoms with E-state index >= 15 is 0 Å². The van der Waals surface area contributed by atoms with E-state index in [1.165, 1.54) is 12.8 Å². The van der Waals surface area contributed by atoms with Gasteiger partial charge in [-0.25, -0.2) is 10.8 Å². The van der Waals surface area contributed by atoms with Gasteiger partial charge in [-0.3, -0.25) is 5.43 Å². The van der Waals surface area contributed by atoms with Crippen molar-refractivity contribution in [1.29, 1.82) is 0 Å². The summed E-state index contributed by atoms with van der Waals surface area (Å²) in [6, 6.07) is 6.22. The molecule has 0 bridgehead atoms. The second kappa shape index (κ2) is 3.12. The van der Waals surface area contributed by atoms with Crippen LogP contribution < -0.4 is 11.3 Å². The zero-order valence-electron chi connectivity index (χ0n) is 8.07. The highest BCUT2D eigenvalue weighted by molar-refractivity contribution is 6.31. The predicted molar refractivity (Wildman–Crippen MR) is 60.8 cm³/mol. The molecule has 0 radical (unpaired) electrons. The first-order valence-corrected chi connectivity index (χ1v) is 5.31. The van der Waals surface area contributed by atoms with Crippen molar-refractivity contribution in [2.45, 2.75) is 18.9 Å². The fraction of sp³-hybridized carbons (Fsp3) is 0.300. The van der Waals surface area contributed by atoms with E-state index < -0.39 is 0 Å². The Labute approximate surface area is 92.0 Å². The Morgan fingerprint density at radius 3 is 2.93 bits per heavy atom. The number of nitrogens with one attached hydrogen (secondary N) is 1. The largest absolute Gasteiger partial charge is 0.306 e. The molecule has 0 atom stereocenters. The van der Waals surface area contributed by atoms with Crippen molar-refractivity contribution >= 4 is 28.6 Å². The van der Waals surface area contributed by atoms with Crippen LogP contribution in [-0.4, -0.2) is 9.55 Å². The van der Waals surface area contributed by atoms with Gasteiger partial charge in [-0.15, -0.1) is 0 Å². The third-order valence-corrected chi connectivity index (χ3v) is 2.93.